The number of aryl methyl sites for hydroxylation is 1. The van der Waals surface area contributed by atoms with Crippen LogP contribution in [0.3, 0.4) is 0 Å². The van der Waals surface area contributed by atoms with Gasteiger partial charge in [-0.15, -0.1) is 0 Å². The molecule has 4 rings (SSSR count). The van der Waals surface area contributed by atoms with Gasteiger partial charge in [0.05, 0.1) is 23.5 Å². The van der Waals surface area contributed by atoms with Gasteiger partial charge in [0.15, 0.2) is 0 Å². The molecule has 1 aliphatic heterocycles. The van der Waals surface area contributed by atoms with Gasteiger partial charge >= 0.3 is 5.97 Å². The minimum Gasteiger partial charge on any atom is -0.478 e. The van der Waals surface area contributed by atoms with Crippen molar-refractivity contribution in [3.8, 4) is 11.1 Å². The van der Waals surface area contributed by atoms with Gasteiger partial charge < -0.3 is 21.1 Å². The summed E-state index contributed by atoms with van der Waals surface area (Å²) in [5.41, 5.74) is 4.51. The lowest BCUT2D eigenvalue weighted by atomic mass is 10.1. The van der Waals surface area contributed by atoms with Crippen LogP contribution in [0.25, 0.3) is 11.1 Å². The minimum absolute atomic E-state index is 0.212. The van der Waals surface area contributed by atoms with E-state index < -0.39 is 5.97 Å². The van der Waals surface area contributed by atoms with Crippen LogP contribution in [-0.2, 0) is 13.5 Å². The van der Waals surface area contributed by atoms with Gasteiger partial charge in [-0.1, -0.05) is 12.1 Å². The zero-order chi connectivity index (χ0) is 21.1. The summed E-state index contributed by atoms with van der Waals surface area (Å²) in [5.74, 6) is -0.0394. The standard InChI is InChI=1S/C22H26N6O2/c1-14(23-8-7-15-3-5-16(6-4-15)22(29)30)20-12-24-19-9-17(10-25-21(19)27-20)18-11-26-28(2)13-18/h3-6,9-11,13-14,20,23-24H,7-8,12H2,1-2H3,(H,25,27)(H,29,30)/t14-,20-/m1/s1. The molecule has 0 bridgehead atoms. The third-order valence-corrected chi connectivity index (χ3v) is 5.44. The number of benzene rings is 1. The monoisotopic (exact) mass is 406 g/mol. The average molecular weight is 406 g/mol. The lowest BCUT2D eigenvalue weighted by Gasteiger charge is -2.32. The van der Waals surface area contributed by atoms with Crippen LogP contribution in [0.15, 0.2) is 48.9 Å². The number of aromatic carboxylic acids is 1. The molecule has 1 aromatic carbocycles. The summed E-state index contributed by atoms with van der Waals surface area (Å²) >= 11 is 0. The molecule has 0 aliphatic carbocycles. The van der Waals surface area contributed by atoms with Crippen molar-refractivity contribution in [2.24, 2.45) is 7.05 Å². The molecule has 0 radical (unpaired) electrons. The molecule has 2 atom stereocenters. The highest BCUT2D eigenvalue weighted by molar-refractivity contribution is 5.87. The number of hydrogen-bond donors (Lipinski definition) is 4. The highest BCUT2D eigenvalue weighted by atomic mass is 16.4. The molecule has 1 aliphatic rings. The van der Waals surface area contributed by atoms with Crippen molar-refractivity contribution >= 4 is 17.5 Å². The highest BCUT2D eigenvalue weighted by Crippen LogP contribution is 2.29. The van der Waals surface area contributed by atoms with Gasteiger partial charge in [-0.05, 0) is 43.7 Å². The Morgan fingerprint density at radius 3 is 2.80 bits per heavy atom. The molecule has 8 nitrogen and oxygen atoms in total. The number of anilines is 2. The van der Waals surface area contributed by atoms with Gasteiger partial charge in [0.1, 0.15) is 5.82 Å². The molecule has 0 saturated heterocycles. The van der Waals surface area contributed by atoms with E-state index in [0.717, 1.165) is 47.7 Å². The fourth-order valence-corrected chi connectivity index (χ4v) is 3.59. The summed E-state index contributed by atoms with van der Waals surface area (Å²) in [4.78, 5) is 15.5. The van der Waals surface area contributed by atoms with E-state index in [1.54, 1.807) is 16.8 Å². The third kappa shape index (κ3) is 4.44. The largest absolute Gasteiger partial charge is 0.478 e. The van der Waals surface area contributed by atoms with Crippen LogP contribution in [0.1, 0.15) is 22.8 Å². The van der Waals surface area contributed by atoms with Crippen molar-refractivity contribution in [3.63, 3.8) is 0 Å². The van der Waals surface area contributed by atoms with Crippen molar-refractivity contribution in [2.75, 3.05) is 23.7 Å². The first kappa shape index (κ1) is 19.9. The van der Waals surface area contributed by atoms with E-state index in [1.807, 2.05) is 37.8 Å². The Bertz CT molecular complexity index is 1030. The van der Waals surface area contributed by atoms with Crippen molar-refractivity contribution in [2.45, 2.75) is 25.4 Å². The first-order valence-corrected chi connectivity index (χ1v) is 10.0. The Labute approximate surface area is 175 Å². The Balaban J connectivity index is 1.31. The summed E-state index contributed by atoms with van der Waals surface area (Å²) in [6, 6.07) is 9.59. The number of carboxylic acids is 1. The van der Waals surface area contributed by atoms with Crippen molar-refractivity contribution in [3.05, 3.63) is 60.0 Å². The predicted molar refractivity (Wildman–Crippen MR) is 117 cm³/mol. The molecule has 3 heterocycles. The Morgan fingerprint density at radius 1 is 1.30 bits per heavy atom. The molecule has 30 heavy (non-hydrogen) atoms. The molecule has 0 unspecified atom stereocenters. The molecule has 156 valence electrons. The van der Waals surface area contributed by atoms with Gasteiger partial charge in [0, 0.05) is 43.2 Å². The van der Waals surface area contributed by atoms with Crippen LogP contribution in [-0.4, -0.2) is 51.0 Å². The van der Waals surface area contributed by atoms with E-state index in [1.165, 1.54) is 0 Å². The summed E-state index contributed by atoms with van der Waals surface area (Å²) in [6.45, 7) is 3.76. The van der Waals surface area contributed by atoms with Crippen LogP contribution in [0.4, 0.5) is 11.5 Å². The SMILES string of the molecule is C[C@@H](NCCc1ccc(C(=O)O)cc1)[C@H]1CNc2cc(-c3cnn(C)c3)cnc2N1. The zero-order valence-corrected chi connectivity index (χ0v) is 17.1. The second-order valence-electron chi connectivity index (χ2n) is 7.65. The minimum atomic E-state index is -0.898. The summed E-state index contributed by atoms with van der Waals surface area (Å²) in [6.07, 6.45) is 6.52. The maximum Gasteiger partial charge on any atom is 0.335 e. The Kier molecular flexibility index (Phi) is 5.67. The van der Waals surface area contributed by atoms with Crippen molar-refractivity contribution in [1.82, 2.24) is 20.1 Å². The topological polar surface area (TPSA) is 104 Å². The zero-order valence-electron chi connectivity index (χ0n) is 17.1. The van der Waals surface area contributed by atoms with Gasteiger partial charge in [0.25, 0.3) is 0 Å². The molecule has 8 heteroatoms. The molecular formula is C22H26N6O2. The average Bonchev–Trinajstić information content (AvgIpc) is 3.19. The van der Waals surface area contributed by atoms with Crippen LogP contribution < -0.4 is 16.0 Å². The fraction of sp³-hybridized carbons (Fsp3) is 0.318. The normalized spacial score (nSPS) is 16.3. The first-order chi connectivity index (χ1) is 14.5. The van der Waals surface area contributed by atoms with E-state index in [2.05, 4.69) is 39.0 Å². The lowest BCUT2D eigenvalue weighted by molar-refractivity contribution is 0.0697. The maximum atomic E-state index is 10.9. The highest BCUT2D eigenvalue weighted by Gasteiger charge is 2.23. The number of pyridine rings is 1. The molecule has 0 fully saturated rings. The number of nitrogens with one attached hydrogen (secondary N) is 3. The summed E-state index contributed by atoms with van der Waals surface area (Å²) in [7, 11) is 1.90. The van der Waals surface area contributed by atoms with Crippen molar-refractivity contribution < 1.29 is 9.90 Å². The number of nitrogens with zero attached hydrogens (tertiary/aromatic N) is 3. The molecular weight excluding hydrogens is 380 g/mol. The smallest absolute Gasteiger partial charge is 0.335 e. The maximum absolute atomic E-state index is 10.9. The number of aromatic nitrogens is 3. The lowest BCUT2D eigenvalue weighted by Crippen LogP contribution is -2.48. The van der Waals surface area contributed by atoms with Crippen LogP contribution >= 0.6 is 0 Å². The number of rotatable bonds is 7. The molecule has 4 N–H and O–H groups in total. The van der Waals surface area contributed by atoms with Crippen LogP contribution in [0, 0.1) is 0 Å². The molecule has 0 amide bonds. The summed E-state index contributed by atoms with van der Waals surface area (Å²) in [5, 5.41) is 23.8. The number of carbonyl (C=O) groups is 1. The Morgan fingerprint density at radius 2 is 2.10 bits per heavy atom. The van der Waals surface area contributed by atoms with E-state index in [9.17, 15) is 4.79 Å². The van der Waals surface area contributed by atoms with Crippen LogP contribution in [0.5, 0.6) is 0 Å². The van der Waals surface area contributed by atoms with Gasteiger partial charge in [-0.25, -0.2) is 9.78 Å². The van der Waals surface area contributed by atoms with Gasteiger partial charge in [-0.2, -0.15) is 5.10 Å². The second kappa shape index (κ2) is 8.54. The number of hydrogen-bond acceptors (Lipinski definition) is 6. The fourth-order valence-electron chi connectivity index (χ4n) is 3.59. The van der Waals surface area contributed by atoms with E-state index in [4.69, 9.17) is 5.11 Å². The molecule has 0 spiro atoms. The van der Waals surface area contributed by atoms with Crippen molar-refractivity contribution in [1.29, 1.82) is 0 Å². The molecule has 0 saturated carbocycles. The van der Waals surface area contributed by atoms with E-state index in [-0.39, 0.29) is 12.1 Å². The molecule has 2 aromatic heterocycles. The third-order valence-electron chi connectivity index (χ3n) is 5.44. The van der Waals surface area contributed by atoms with Crippen LogP contribution in [0.2, 0.25) is 0 Å². The Hall–Kier alpha value is -3.39. The number of fused-ring (bicyclic) bond motifs is 1. The predicted octanol–water partition coefficient (Wildman–Crippen LogP) is 2.61. The van der Waals surface area contributed by atoms with E-state index >= 15 is 0 Å². The first-order valence-electron chi connectivity index (χ1n) is 10.0. The van der Waals surface area contributed by atoms with Gasteiger partial charge in [-0.3, -0.25) is 4.68 Å². The van der Waals surface area contributed by atoms with Gasteiger partial charge in [0.2, 0.25) is 0 Å². The number of carboxylic acid groups (broad SMARTS) is 1. The van der Waals surface area contributed by atoms with E-state index in [0.29, 0.717) is 5.56 Å². The summed E-state index contributed by atoms with van der Waals surface area (Å²) < 4.78 is 1.78. The quantitative estimate of drug-likeness (QED) is 0.478. The second-order valence-corrected chi connectivity index (χ2v) is 7.65. The molecule has 3 aromatic rings.